The van der Waals surface area contributed by atoms with Gasteiger partial charge in [-0.05, 0) is 39.0 Å². The maximum Gasteiger partial charge on any atom is 0.0594 e. The van der Waals surface area contributed by atoms with Crippen molar-refractivity contribution in [3.05, 3.63) is 0 Å². The van der Waals surface area contributed by atoms with Crippen molar-refractivity contribution < 1.29 is 9.47 Å². The van der Waals surface area contributed by atoms with E-state index in [2.05, 4.69) is 56.7 Å². The maximum absolute atomic E-state index is 5.82. The van der Waals surface area contributed by atoms with E-state index in [0.29, 0.717) is 5.41 Å². The summed E-state index contributed by atoms with van der Waals surface area (Å²) >= 11 is 0. The molecule has 1 rings (SSSR count). The molecule has 1 aliphatic rings. The van der Waals surface area contributed by atoms with Crippen LogP contribution in [0.4, 0.5) is 0 Å². The summed E-state index contributed by atoms with van der Waals surface area (Å²) < 4.78 is 11.6. The molecule has 0 unspecified atom stereocenters. The van der Waals surface area contributed by atoms with Crippen molar-refractivity contribution in [2.24, 2.45) is 5.41 Å². The minimum atomic E-state index is 0.176. The number of ether oxygens (including phenoxy) is 2. The Morgan fingerprint density at radius 2 is 1.22 bits per heavy atom. The minimum absolute atomic E-state index is 0.176. The fourth-order valence-electron chi connectivity index (χ4n) is 3.19. The lowest BCUT2D eigenvalue weighted by Crippen LogP contribution is -2.48. The summed E-state index contributed by atoms with van der Waals surface area (Å²) in [6, 6.07) is 0. The van der Waals surface area contributed by atoms with E-state index in [1.807, 2.05) is 0 Å². The highest BCUT2D eigenvalue weighted by Gasteiger charge is 2.16. The molecule has 0 aromatic heterocycles. The average Bonchev–Trinajstić information content (AvgIpc) is 2.56. The van der Waals surface area contributed by atoms with E-state index in [4.69, 9.17) is 9.47 Å². The van der Waals surface area contributed by atoms with E-state index < -0.39 is 0 Å². The van der Waals surface area contributed by atoms with E-state index in [0.717, 1.165) is 72.2 Å². The first-order valence-corrected chi connectivity index (χ1v) is 11.0. The van der Waals surface area contributed by atoms with Crippen LogP contribution in [0, 0.1) is 5.41 Å². The Morgan fingerprint density at radius 3 is 1.70 bits per heavy atom. The first kappa shape index (κ1) is 24.8. The van der Waals surface area contributed by atoms with Crippen molar-refractivity contribution in [3.8, 4) is 0 Å². The second kappa shape index (κ2) is 13.1. The first-order chi connectivity index (χ1) is 12.7. The fourth-order valence-corrected chi connectivity index (χ4v) is 3.19. The normalized spacial score (nSPS) is 17.6. The summed E-state index contributed by atoms with van der Waals surface area (Å²) in [6.45, 7) is 24.5. The molecular weight excluding hydrogens is 338 g/mol. The molecule has 0 aromatic carbocycles. The van der Waals surface area contributed by atoms with Gasteiger partial charge in [-0.3, -0.25) is 9.80 Å². The second-order valence-electron chi connectivity index (χ2n) is 10.1. The molecule has 1 heterocycles. The molecule has 1 aliphatic heterocycles. The average molecular weight is 386 g/mol. The van der Waals surface area contributed by atoms with Crippen LogP contribution in [0.1, 0.15) is 60.8 Å². The number of piperazine rings is 1. The number of hydrogen-bond acceptors (Lipinski definition) is 5. The van der Waals surface area contributed by atoms with Crippen molar-refractivity contribution in [1.82, 2.24) is 15.1 Å². The van der Waals surface area contributed by atoms with Crippen LogP contribution in [0.2, 0.25) is 0 Å². The number of nitrogens with zero attached hydrogens (tertiary/aromatic N) is 2. The zero-order valence-electron chi connectivity index (χ0n) is 19.1. The van der Waals surface area contributed by atoms with E-state index in [1.165, 1.54) is 19.3 Å². The van der Waals surface area contributed by atoms with Crippen molar-refractivity contribution in [3.63, 3.8) is 0 Å². The van der Waals surface area contributed by atoms with Gasteiger partial charge < -0.3 is 14.8 Å². The van der Waals surface area contributed by atoms with Crippen molar-refractivity contribution in [1.29, 1.82) is 0 Å². The Kier molecular flexibility index (Phi) is 12.1. The molecule has 0 amide bonds. The molecule has 0 radical (unpaired) electrons. The highest BCUT2D eigenvalue weighted by molar-refractivity contribution is 4.72. The lowest BCUT2D eigenvalue weighted by molar-refractivity contribution is 0.0556. The summed E-state index contributed by atoms with van der Waals surface area (Å²) in [5.41, 5.74) is 0.629. The summed E-state index contributed by atoms with van der Waals surface area (Å²) in [7, 11) is 0. The van der Waals surface area contributed by atoms with Crippen LogP contribution in [0.15, 0.2) is 0 Å². The van der Waals surface area contributed by atoms with Crippen LogP contribution < -0.4 is 5.32 Å². The van der Waals surface area contributed by atoms with Gasteiger partial charge in [-0.15, -0.1) is 0 Å². The Hall–Kier alpha value is -0.200. The first-order valence-electron chi connectivity index (χ1n) is 11.0. The SMILES string of the molecule is CC(C)(C)CCCCOCCN1CCN(CCOCCNC(C)(C)C)CC1. The summed E-state index contributed by atoms with van der Waals surface area (Å²) in [4.78, 5) is 5.04. The van der Waals surface area contributed by atoms with Gasteiger partial charge in [0, 0.05) is 58.0 Å². The van der Waals surface area contributed by atoms with Crippen molar-refractivity contribution in [2.75, 3.05) is 72.2 Å². The Balaban J connectivity index is 1.90. The van der Waals surface area contributed by atoms with Crippen LogP contribution in [-0.2, 0) is 9.47 Å². The molecule has 5 nitrogen and oxygen atoms in total. The lowest BCUT2D eigenvalue weighted by Gasteiger charge is -2.34. The van der Waals surface area contributed by atoms with Crippen molar-refractivity contribution >= 4 is 0 Å². The van der Waals surface area contributed by atoms with E-state index in [-0.39, 0.29) is 5.54 Å². The van der Waals surface area contributed by atoms with Gasteiger partial charge in [-0.1, -0.05) is 27.2 Å². The predicted octanol–water partition coefficient (Wildman–Crippen LogP) is 3.24. The van der Waals surface area contributed by atoms with E-state index >= 15 is 0 Å². The molecule has 5 heteroatoms. The largest absolute Gasteiger partial charge is 0.380 e. The molecule has 0 spiro atoms. The molecule has 0 atom stereocenters. The Labute approximate surface area is 169 Å². The maximum atomic E-state index is 5.82. The standard InChI is InChI=1S/C22H47N3O2/c1-21(2,3)9-7-8-17-26-19-15-24-11-13-25(14-12-24)16-20-27-18-10-23-22(4,5)6/h23H,7-20H2,1-6H3. The van der Waals surface area contributed by atoms with Gasteiger partial charge in [0.15, 0.2) is 0 Å². The molecule has 0 aliphatic carbocycles. The van der Waals surface area contributed by atoms with E-state index in [1.54, 1.807) is 0 Å². The molecule has 0 bridgehead atoms. The topological polar surface area (TPSA) is 37.0 Å². The molecule has 0 saturated carbocycles. The van der Waals surface area contributed by atoms with Crippen molar-refractivity contribution in [2.45, 2.75) is 66.3 Å². The fraction of sp³-hybridized carbons (Fsp3) is 1.00. The third-order valence-corrected chi connectivity index (χ3v) is 4.94. The summed E-state index contributed by atoms with van der Waals surface area (Å²) in [5, 5.41) is 3.45. The molecule has 162 valence electrons. The number of hydrogen-bond donors (Lipinski definition) is 1. The molecule has 1 fully saturated rings. The zero-order valence-corrected chi connectivity index (χ0v) is 19.1. The smallest absolute Gasteiger partial charge is 0.0594 e. The monoisotopic (exact) mass is 385 g/mol. The number of unbranched alkanes of at least 4 members (excludes halogenated alkanes) is 1. The number of nitrogens with one attached hydrogen (secondary N) is 1. The minimum Gasteiger partial charge on any atom is -0.380 e. The lowest BCUT2D eigenvalue weighted by atomic mass is 9.90. The highest BCUT2D eigenvalue weighted by Crippen LogP contribution is 2.21. The highest BCUT2D eigenvalue weighted by atomic mass is 16.5. The summed E-state index contributed by atoms with van der Waals surface area (Å²) in [5.74, 6) is 0. The quantitative estimate of drug-likeness (QED) is 0.493. The molecular formula is C22H47N3O2. The Bertz CT molecular complexity index is 356. The van der Waals surface area contributed by atoms with E-state index in [9.17, 15) is 0 Å². The van der Waals surface area contributed by atoms with Gasteiger partial charge in [0.1, 0.15) is 0 Å². The third-order valence-electron chi connectivity index (χ3n) is 4.94. The third kappa shape index (κ3) is 15.4. The van der Waals surface area contributed by atoms with Gasteiger partial charge in [-0.2, -0.15) is 0 Å². The van der Waals surface area contributed by atoms with Gasteiger partial charge in [0.05, 0.1) is 19.8 Å². The molecule has 0 aromatic rings. The van der Waals surface area contributed by atoms with Crippen LogP contribution in [0.3, 0.4) is 0 Å². The van der Waals surface area contributed by atoms with Crippen LogP contribution in [0.5, 0.6) is 0 Å². The molecule has 1 saturated heterocycles. The molecule has 27 heavy (non-hydrogen) atoms. The van der Waals surface area contributed by atoms with Crippen LogP contribution in [0.25, 0.3) is 0 Å². The molecule has 1 N–H and O–H groups in total. The second-order valence-corrected chi connectivity index (χ2v) is 10.1. The van der Waals surface area contributed by atoms with Gasteiger partial charge in [0.2, 0.25) is 0 Å². The number of rotatable bonds is 13. The zero-order chi connectivity index (χ0) is 20.2. The Morgan fingerprint density at radius 1 is 0.704 bits per heavy atom. The van der Waals surface area contributed by atoms with Crippen LogP contribution in [-0.4, -0.2) is 87.6 Å². The van der Waals surface area contributed by atoms with Gasteiger partial charge in [-0.25, -0.2) is 0 Å². The van der Waals surface area contributed by atoms with Crippen LogP contribution >= 0.6 is 0 Å². The van der Waals surface area contributed by atoms with Gasteiger partial charge >= 0.3 is 0 Å². The predicted molar refractivity (Wildman–Crippen MR) is 116 cm³/mol. The summed E-state index contributed by atoms with van der Waals surface area (Å²) in [6.07, 6.45) is 3.75. The van der Waals surface area contributed by atoms with Gasteiger partial charge in [0.25, 0.3) is 0 Å².